The second-order valence-corrected chi connectivity index (χ2v) is 5.29. The van der Waals surface area contributed by atoms with Crippen molar-refractivity contribution >= 4 is 11.8 Å². The highest BCUT2D eigenvalue weighted by Crippen LogP contribution is 2.48. The molecular weight excluding hydrogens is 240 g/mol. The van der Waals surface area contributed by atoms with Crippen LogP contribution in [0.3, 0.4) is 0 Å². The summed E-state index contributed by atoms with van der Waals surface area (Å²) < 4.78 is 26.5. The molecule has 0 radical (unpaired) electrons. The van der Waals surface area contributed by atoms with E-state index in [2.05, 4.69) is 11.4 Å². The molecule has 0 spiro atoms. The maximum atomic E-state index is 13.7. The van der Waals surface area contributed by atoms with E-state index < -0.39 is 11.6 Å². The first kappa shape index (κ1) is 10.8. The quantitative estimate of drug-likeness (QED) is 0.819. The van der Waals surface area contributed by atoms with Gasteiger partial charge >= 0.3 is 0 Å². The van der Waals surface area contributed by atoms with Gasteiger partial charge in [-0.2, -0.15) is 0 Å². The van der Waals surface area contributed by atoms with E-state index in [0.717, 1.165) is 19.0 Å². The van der Waals surface area contributed by atoms with E-state index in [1.807, 2.05) is 6.20 Å². The van der Waals surface area contributed by atoms with Crippen molar-refractivity contribution in [2.45, 2.75) is 11.7 Å². The van der Waals surface area contributed by atoms with Crippen LogP contribution in [0.1, 0.15) is 17.2 Å². The summed E-state index contributed by atoms with van der Waals surface area (Å²) in [6, 6.07) is 3.79. The molecule has 0 aliphatic carbocycles. The van der Waals surface area contributed by atoms with E-state index >= 15 is 0 Å². The van der Waals surface area contributed by atoms with E-state index in [-0.39, 0.29) is 5.25 Å². The van der Waals surface area contributed by atoms with Crippen LogP contribution in [0.5, 0.6) is 0 Å². The molecule has 0 amide bonds. The summed E-state index contributed by atoms with van der Waals surface area (Å²) in [5.74, 6) is -0.994. The van der Waals surface area contributed by atoms with Gasteiger partial charge in [0.1, 0.15) is 11.6 Å². The van der Waals surface area contributed by atoms with Crippen LogP contribution in [0.15, 0.2) is 41.0 Å². The van der Waals surface area contributed by atoms with Gasteiger partial charge in [0.15, 0.2) is 0 Å². The van der Waals surface area contributed by atoms with E-state index in [1.54, 1.807) is 11.8 Å². The molecule has 2 heterocycles. The largest absolute Gasteiger partial charge is 0.390 e. The van der Waals surface area contributed by atoms with Gasteiger partial charge in [0.25, 0.3) is 0 Å². The Kier molecular flexibility index (Phi) is 2.67. The van der Waals surface area contributed by atoms with Gasteiger partial charge in [-0.1, -0.05) is 12.1 Å². The topological polar surface area (TPSA) is 12.0 Å². The molecule has 1 aromatic rings. The highest BCUT2D eigenvalue weighted by Gasteiger charge is 2.26. The minimum atomic E-state index is -0.528. The molecule has 88 valence electrons. The summed E-state index contributed by atoms with van der Waals surface area (Å²) >= 11 is 1.61. The molecule has 0 saturated heterocycles. The average Bonchev–Trinajstić information content (AvgIpc) is 2.72. The van der Waals surface area contributed by atoms with Gasteiger partial charge in [0.05, 0.1) is 5.25 Å². The molecule has 4 heteroatoms. The van der Waals surface area contributed by atoms with Crippen LogP contribution in [0, 0.1) is 11.6 Å². The lowest BCUT2D eigenvalue weighted by molar-refractivity contribution is 0.574. The van der Waals surface area contributed by atoms with Gasteiger partial charge in [0.2, 0.25) is 0 Å². The Bertz CT molecular complexity index is 522. The number of nitrogens with one attached hydrogen (secondary N) is 1. The fourth-order valence-corrected chi connectivity index (χ4v) is 3.40. The lowest BCUT2D eigenvalue weighted by Gasteiger charge is -2.12. The third-order valence-corrected chi connectivity index (χ3v) is 4.24. The third kappa shape index (κ3) is 1.97. The van der Waals surface area contributed by atoms with Gasteiger partial charge in [-0.05, 0) is 18.1 Å². The summed E-state index contributed by atoms with van der Waals surface area (Å²) in [7, 11) is 0. The number of hydrogen-bond acceptors (Lipinski definition) is 2. The third-order valence-electron chi connectivity index (χ3n) is 2.96. The zero-order valence-electron chi connectivity index (χ0n) is 9.04. The van der Waals surface area contributed by atoms with Crippen molar-refractivity contribution in [3.8, 4) is 0 Å². The van der Waals surface area contributed by atoms with Crippen molar-refractivity contribution < 1.29 is 8.78 Å². The molecule has 3 rings (SSSR count). The standard InChI is InChI=1S/C13H11F2NS/c14-9-1-2-10(11(15)6-9)12-5-8-3-4-16-7-13(8)17-12/h1-2,5-7,12,16H,3-4H2. The summed E-state index contributed by atoms with van der Waals surface area (Å²) in [5, 5.41) is 3.14. The first-order valence-corrected chi connectivity index (χ1v) is 6.38. The van der Waals surface area contributed by atoms with E-state index in [1.165, 1.54) is 22.6 Å². The zero-order chi connectivity index (χ0) is 11.8. The minimum absolute atomic E-state index is 0.0308. The Balaban J connectivity index is 1.94. The van der Waals surface area contributed by atoms with Crippen LogP contribution in [0.2, 0.25) is 0 Å². The van der Waals surface area contributed by atoms with Crippen LogP contribution in [-0.4, -0.2) is 6.54 Å². The molecule has 2 aliphatic heterocycles. The predicted octanol–water partition coefficient (Wildman–Crippen LogP) is 3.51. The van der Waals surface area contributed by atoms with Crippen molar-refractivity contribution in [1.82, 2.24) is 5.32 Å². The number of rotatable bonds is 1. The highest BCUT2D eigenvalue weighted by atomic mass is 32.2. The average molecular weight is 251 g/mol. The molecule has 0 aromatic heterocycles. The molecule has 0 fully saturated rings. The first-order chi connectivity index (χ1) is 8.24. The summed E-state index contributed by atoms with van der Waals surface area (Å²) in [6.45, 7) is 0.925. The Morgan fingerprint density at radius 2 is 2.18 bits per heavy atom. The molecule has 1 aromatic carbocycles. The Morgan fingerprint density at radius 3 is 2.94 bits per heavy atom. The van der Waals surface area contributed by atoms with Crippen molar-refractivity contribution in [3.63, 3.8) is 0 Å². The lowest BCUT2D eigenvalue weighted by atomic mass is 10.1. The normalized spacial score (nSPS) is 22.6. The van der Waals surface area contributed by atoms with E-state index in [4.69, 9.17) is 0 Å². The van der Waals surface area contributed by atoms with Gasteiger partial charge in [0, 0.05) is 29.3 Å². The summed E-state index contributed by atoms with van der Waals surface area (Å²) in [5.41, 5.74) is 1.82. The second-order valence-electron chi connectivity index (χ2n) is 4.11. The van der Waals surface area contributed by atoms with Crippen molar-refractivity contribution in [1.29, 1.82) is 0 Å². The van der Waals surface area contributed by atoms with Crippen molar-refractivity contribution in [3.05, 3.63) is 58.2 Å². The second kappa shape index (κ2) is 4.18. The molecule has 1 nitrogen and oxygen atoms in total. The van der Waals surface area contributed by atoms with Gasteiger partial charge in [-0.25, -0.2) is 8.78 Å². The van der Waals surface area contributed by atoms with Crippen LogP contribution in [0.4, 0.5) is 8.78 Å². The molecule has 0 bridgehead atoms. The van der Waals surface area contributed by atoms with Gasteiger partial charge in [-0.3, -0.25) is 0 Å². The number of thioether (sulfide) groups is 1. The maximum Gasteiger partial charge on any atom is 0.130 e. The minimum Gasteiger partial charge on any atom is -0.390 e. The monoisotopic (exact) mass is 251 g/mol. The first-order valence-electron chi connectivity index (χ1n) is 5.50. The van der Waals surface area contributed by atoms with Crippen LogP contribution in [-0.2, 0) is 0 Å². The number of hydrogen-bond donors (Lipinski definition) is 1. The van der Waals surface area contributed by atoms with E-state index in [0.29, 0.717) is 5.56 Å². The molecule has 1 unspecified atom stereocenters. The smallest absolute Gasteiger partial charge is 0.130 e. The van der Waals surface area contributed by atoms with Gasteiger partial charge in [-0.15, -0.1) is 11.8 Å². The molecule has 1 atom stereocenters. The number of halogens is 2. The fourth-order valence-electron chi connectivity index (χ4n) is 2.10. The summed E-state index contributed by atoms with van der Waals surface area (Å²) in [4.78, 5) is 1.17. The zero-order valence-corrected chi connectivity index (χ0v) is 9.86. The SMILES string of the molecule is Fc1ccc(C2C=C3CCNC=C3S2)c(F)c1. The molecule has 0 saturated carbocycles. The van der Waals surface area contributed by atoms with E-state index in [9.17, 15) is 8.78 Å². The number of allylic oxidation sites excluding steroid dienone is 1. The number of benzene rings is 1. The van der Waals surface area contributed by atoms with Crippen LogP contribution < -0.4 is 5.32 Å². The van der Waals surface area contributed by atoms with Crippen molar-refractivity contribution in [2.24, 2.45) is 0 Å². The fraction of sp³-hybridized carbons (Fsp3) is 0.231. The molecular formula is C13H11F2NS. The van der Waals surface area contributed by atoms with Crippen LogP contribution in [0.25, 0.3) is 0 Å². The van der Waals surface area contributed by atoms with Crippen molar-refractivity contribution in [2.75, 3.05) is 6.54 Å². The Hall–Kier alpha value is -1.29. The number of fused-ring (bicyclic) bond motifs is 1. The molecule has 1 N–H and O–H groups in total. The Morgan fingerprint density at radius 1 is 1.29 bits per heavy atom. The highest BCUT2D eigenvalue weighted by molar-refractivity contribution is 8.04. The lowest BCUT2D eigenvalue weighted by Crippen LogP contribution is -2.13. The maximum absolute atomic E-state index is 13.7. The molecule has 17 heavy (non-hydrogen) atoms. The predicted molar refractivity (Wildman–Crippen MR) is 65.5 cm³/mol. The molecule has 2 aliphatic rings. The Labute approximate surface area is 103 Å². The summed E-state index contributed by atoms with van der Waals surface area (Å²) in [6.07, 6.45) is 5.02. The van der Waals surface area contributed by atoms with Gasteiger partial charge < -0.3 is 5.32 Å². The van der Waals surface area contributed by atoms with Crippen LogP contribution >= 0.6 is 11.8 Å².